The van der Waals surface area contributed by atoms with Crippen molar-refractivity contribution in [1.29, 1.82) is 0 Å². The number of hydrogen-bond donors (Lipinski definition) is 3. The molecule has 1 aliphatic carbocycles. The van der Waals surface area contributed by atoms with E-state index in [1.807, 2.05) is 54.6 Å². The molecule has 1 aromatic heterocycles. The number of ether oxygens (including phenoxy) is 1. The van der Waals surface area contributed by atoms with Gasteiger partial charge in [0.15, 0.2) is 0 Å². The molecule has 7 heteroatoms. The molecule has 1 aliphatic rings. The number of nitrogens with zero attached hydrogens (tertiary/aromatic N) is 1. The van der Waals surface area contributed by atoms with Crippen LogP contribution in [0, 0.1) is 5.92 Å². The third-order valence-corrected chi connectivity index (χ3v) is 6.15. The first kappa shape index (κ1) is 21.6. The van der Waals surface area contributed by atoms with E-state index in [1.165, 1.54) is 0 Å². The molecule has 4 N–H and O–H groups in total. The van der Waals surface area contributed by atoms with E-state index in [-0.39, 0.29) is 11.8 Å². The van der Waals surface area contributed by atoms with Crippen LogP contribution in [0.5, 0.6) is 5.75 Å². The number of rotatable bonds is 7. The summed E-state index contributed by atoms with van der Waals surface area (Å²) in [7, 11) is 1.61. The van der Waals surface area contributed by atoms with Gasteiger partial charge in [0.2, 0.25) is 0 Å². The minimum absolute atomic E-state index is 0.0333. The molecule has 0 bridgehead atoms. The lowest BCUT2D eigenvalue weighted by Gasteiger charge is -2.27. The Morgan fingerprint density at radius 1 is 1.06 bits per heavy atom. The average molecular weight is 433 g/mol. The summed E-state index contributed by atoms with van der Waals surface area (Å²) in [6.07, 6.45) is 3.87. The van der Waals surface area contributed by atoms with Crippen molar-refractivity contribution in [2.75, 3.05) is 13.7 Å². The molecule has 0 saturated heterocycles. The first-order valence-electron chi connectivity index (χ1n) is 10.9. The van der Waals surface area contributed by atoms with E-state index in [2.05, 4.69) is 10.3 Å². The fraction of sp³-hybridized carbons (Fsp3) is 0.320. The van der Waals surface area contributed by atoms with E-state index in [0.717, 1.165) is 42.8 Å². The summed E-state index contributed by atoms with van der Waals surface area (Å²) >= 11 is 0. The molecular formula is C25H28N4O3. The number of hydrogen-bond acceptors (Lipinski definition) is 4. The number of imidazole rings is 1. The van der Waals surface area contributed by atoms with E-state index >= 15 is 0 Å². The van der Waals surface area contributed by atoms with Crippen molar-refractivity contribution < 1.29 is 14.3 Å². The Morgan fingerprint density at radius 3 is 2.38 bits per heavy atom. The third kappa shape index (κ3) is 4.82. The molecule has 1 heterocycles. The van der Waals surface area contributed by atoms with Gasteiger partial charge in [-0.1, -0.05) is 18.2 Å². The molecule has 1 saturated carbocycles. The van der Waals surface area contributed by atoms with Crippen molar-refractivity contribution >= 4 is 11.8 Å². The fourth-order valence-corrected chi connectivity index (χ4v) is 4.29. The molecule has 3 aromatic rings. The second-order valence-electron chi connectivity index (χ2n) is 8.23. The zero-order valence-electron chi connectivity index (χ0n) is 18.1. The van der Waals surface area contributed by atoms with Gasteiger partial charge in [-0.05, 0) is 68.0 Å². The smallest absolute Gasteiger partial charge is 0.267 e. The van der Waals surface area contributed by atoms with Crippen molar-refractivity contribution in [3.05, 3.63) is 71.7 Å². The van der Waals surface area contributed by atoms with Gasteiger partial charge in [-0.3, -0.25) is 9.59 Å². The first-order valence-corrected chi connectivity index (χ1v) is 10.9. The molecule has 0 radical (unpaired) electrons. The highest BCUT2D eigenvalue weighted by Gasteiger charge is 2.27. The summed E-state index contributed by atoms with van der Waals surface area (Å²) in [4.78, 5) is 32.2. The zero-order valence-corrected chi connectivity index (χ0v) is 18.1. The molecule has 0 atom stereocenters. The lowest BCUT2D eigenvalue weighted by atomic mass is 9.81. The van der Waals surface area contributed by atoms with Gasteiger partial charge >= 0.3 is 0 Å². The summed E-state index contributed by atoms with van der Waals surface area (Å²) in [6, 6.07) is 16.7. The Labute approximate surface area is 187 Å². The topological polar surface area (TPSA) is 110 Å². The van der Waals surface area contributed by atoms with Gasteiger partial charge in [-0.2, -0.15) is 0 Å². The lowest BCUT2D eigenvalue weighted by Crippen LogP contribution is -2.31. The van der Waals surface area contributed by atoms with Gasteiger partial charge < -0.3 is 20.8 Å². The van der Waals surface area contributed by atoms with E-state index < -0.39 is 5.91 Å². The number of primary amides is 1. The normalized spacial score (nSPS) is 18.2. The summed E-state index contributed by atoms with van der Waals surface area (Å²) in [5.41, 5.74) is 8.03. The number of aromatic amines is 1. The standard InChI is InChI=1S/C25H28N4O3/c1-32-20-13-11-17(12-14-20)21-22(23(26)30)29-24(28-21)18-9-7-16(8-10-18)15-27-25(31)19-5-3-2-4-6-19/h2-6,11-14,16,18H,7-10,15H2,1H3,(H2,26,30)(H,27,31)(H,28,29). The maximum absolute atomic E-state index is 12.3. The molecule has 0 aliphatic heterocycles. The number of amides is 2. The Morgan fingerprint density at radius 2 is 1.75 bits per heavy atom. The largest absolute Gasteiger partial charge is 0.497 e. The number of H-pyrrole nitrogens is 1. The number of carbonyl (C=O) groups excluding carboxylic acids is 2. The lowest BCUT2D eigenvalue weighted by molar-refractivity contribution is 0.0942. The quantitative estimate of drug-likeness (QED) is 0.526. The van der Waals surface area contributed by atoms with E-state index in [4.69, 9.17) is 15.5 Å². The van der Waals surface area contributed by atoms with Crippen molar-refractivity contribution in [1.82, 2.24) is 15.3 Å². The molecule has 166 valence electrons. The second kappa shape index (κ2) is 9.68. The van der Waals surface area contributed by atoms with Gasteiger partial charge in [0.05, 0.1) is 7.11 Å². The van der Waals surface area contributed by atoms with Crippen molar-refractivity contribution in [3.63, 3.8) is 0 Å². The van der Waals surface area contributed by atoms with Crippen LogP contribution in [-0.4, -0.2) is 35.4 Å². The predicted molar refractivity (Wildman–Crippen MR) is 123 cm³/mol. The number of benzene rings is 2. The molecule has 2 aromatic carbocycles. The molecule has 0 unspecified atom stereocenters. The third-order valence-electron chi connectivity index (χ3n) is 6.15. The molecular weight excluding hydrogens is 404 g/mol. The number of methoxy groups -OCH3 is 1. The minimum atomic E-state index is -0.521. The maximum atomic E-state index is 12.3. The minimum Gasteiger partial charge on any atom is -0.497 e. The maximum Gasteiger partial charge on any atom is 0.267 e. The van der Waals surface area contributed by atoms with Gasteiger partial charge in [0.1, 0.15) is 23.0 Å². The predicted octanol–water partition coefficient (Wildman–Crippen LogP) is 3.89. The highest BCUT2D eigenvalue weighted by Crippen LogP contribution is 2.36. The zero-order chi connectivity index (χ0) is 22.5. The Hall–Kier alpha value is -3.61. The van der Waals surface area contributed by atoms with Crippen molar-refractivity contribution in [2.45, 2.75) is 31.6 Å². The van der Waals surface area contributed by atoms with E-state index in [1.54, 1.807) is 7.11 Å². The Balaban J connectivity index is 1.39. The van der Waals surface area contributed by atoms with Gasteiger partial charge in [-0.25, -0.2) is 4.98 Å². The van der Waals surface area contributed by atoms with Crippen molar-refractivity contribution in [3.8, 4) is 17.0 Å². The molecule has 4 rings (SSSR count). The molecule has 32 heavy (non-hydrogen) atoms. The number of aromatic nitrogens is 2. The van der Waals surface area contributed by atoms with Crippen LogP contribution >= 0.6 is 0 Å². The first-order chi connectivity index (χ1) is 15.5. The molecule has 1 fully saturated rings. The van der Waals surface area contributed by atoms with Gasteiger partial charge in [0.25, 0.3) is 11.8 Å². The fourth-order valence-electron chi connectivity index (χ4n) is 4.29. The summed E-state index contributed by atoms with van der Waals surface area (Å²) < 4.78 is 5.21. The van der Waals surface area contributed by atoms with E-state index in [0.29, 0.717) is 29.4 Å². The van der Waals surface area contributed by atoms with Crippen LogP contribution < -0.4 is 15.8 Å². The van der Waals surface area contributed by atoms with Crippen LogP contribution in [0.4, 0.5) is 0 Å². The van der Waals surface area contributed by atoms with Crippen LogP contribution in [0.3, 0.4) is 0 Å². The van der Waals surface area contributed by atoms with Crippen LogP contribution in [-0.2, 0) is 0 Å². The Bertz CT molecular complexity index is 1070. The molecule has 7 nitrogen and oxygen atoms in total. The van der Waals surface area contributed by atoms with Crippen LogP contribution in [0.2, 0.25) is 0 Å². The monoisotopic (exact) mass is 432 g/mol. The van der Waals surface area contributed by atoms with Crippen molar-refractivity contribution in [2.24, 2.45) is 11.7 Å². The van der Waals surface area contributed by atoms with Crippen LogP contribution in [0.15, 0.2) is 54.6 Å². The van der Waals surface area contributed by atoms with Crippen LogP contribution in [0.1, 0.15) is 58.3 Å². The summed E-state index contributed by atoms with van der Waals surface area (Å²) in [5.74, 6) is 1.66. The molecule has 0 spiro atoms. The van der Waals surface area contributed by atoms with Gasteiger partial charge in [-0.15, -0.1) is 0 Å². The second-order valence-corrected chi connectivity index (χ2v) is 8.23. The number of nitrogens with two attached hydrogens (primary N) is 1. The average Bonchev–Trinajstić information content (AvgIpc) is 3.29. The Kier molecular flexibility index (Phi) is 6.54. The summed E-state index contributed by atoms with van der Waals surface area (Å²) in [5, 5.41) is 3.05. The highest BCUT2D eigenvalue weighted by atomic mass is 16.5. The van der Waals surface area contributed by atoms with Gasteiger partial charge in [0, 0.05) is 23.6 Å². The number of carbonyl (C=O) groups is 2. The van der Waals surface area contributed by atoms with Crippen LogP contribution in [0.25, 0.3) is 11.3 Å². The summed E-state index contributed by atoms with van der Waals surface area (Å²) in [6.45, 7) is 0.669. The highest BCUT2D eigenvalue weighted by molar-refractivity contribution is 5.97. The SMILES string of the molecule is COc1ccc(-c2nc(C3CCC(CNC(=O)c4ccccc4)CC3)[nH]c2C(N)=O)cc1. The molecule has 2 amide bonds. The van der Waals surface area contributed by atoms with E-state index in [9.17, 15) is 9.59 Å². The number of nitrogens with one attached hydrogen (secondary N) is 2.